The van der Waals surface area contributed by atoms with Crippen molar-refractivity contribution >= 4 is 28.4 Å². The second-order valence-electron chi connectivity index (χ2n) is 5.48. The van der Waals surface area contributed by atoms with Gasteiger partial charge in [-0.1, -0.05) is 11.6 Å². The molecule has 0 fully saturated rings. The van der Waals surface area contributed by atoms with Crippen molar-refractivity contribution in [2.45, 2.75) is 13.3 Å². The van der Waals surface area contributed by atoms with E-state index in [1.807, 2.05) is 19.1 Å². The zero-order valence-electron chi connectivity index (χ0n) is 13.3. The lowest BCUT2D eigenvalue weighted by atomic mass is 10.2. The van der Waals surface area contributed by atoms with Gasteiger partial charge in [0.05, 0.1) is 10.9 Å². The van der Waals surface area contributed by atoms with Crippen molar-refractivity contribution in [1.82, 2.24) is 15.1 Å². The van der Waals surface area contributed by atoms with Crippen LogP contribution in [0.3, 0.4) is 0 Å². The minimum absolute atomic E-state index is 0.150. The van der Waals surface area contributed by atoms with Gasteiger partial charge in [-0.2, -0.15) is 5.10 Å². The van der Waals surface area contributed by atoms with Gasteiger partial charge in [-0.25, -0.2) is 0 Å². The summed E-state index contributed by atoms with van der Waals surface area (Å²) in [5.74, 6) is 1.08. The molecule has 1 aromatic carbocycles. The average Bonchev–Trinajstić information content (AvgIpc) is 2.96. The van der Waals surface area contributed by atoms with E-state index in [1.165, 1.54) is 4.68 Å². The van der Waals surface area contributed by atoms with Gasteiger partial charge in [-0.05, 0) is 37.3 Å². The molecule has 124 valence electrons. The fraction of sp³-hybridized carbons (Fsp3) is 0.235. The van der Waals surface area contributed by atoms with Crippen LogP contribution in [0.5, 0.6) is 0 Å². The molecule has 0 saturated carbocycles. The van der Waals surface area contributed by atoms with Crippen molar-refractivity contribution in [3.63, 3.8) is 0 Å². The average molecular weight is 346 g/mol. The number of halogens is 1. The Balaban J connectivity index is 1.82. The van der Waals surface area contributed by atoms with Crippen molar-refractivity contribution in [3.05, 3.63) is 62.8 Å². The highest BCUT2D eigenvalue weighted by atomic mass is 35.5. The molecule has 0 spiro atoms. The molecule has 6 nitrogen and oxygen atoms in total. The largest absolute Gasteiger partial charge is 0.466 e. The number of hydrogen-bond donors (Lipinski definition) is 1. The third-order valence-electron chi connectivity index (χ3n) is 3.68. The maximum absolute atomic E-state index is 12.5. The Morgan fingerprint density at radius 1 is 1.33 bits per heavy atom. The molecule has 24 heavy (non-hydrogen) atoms. The predicted molar refractivity (Wildman–Crippen MR) is 91.5 cm³/mol. The first-order valence-electron chi connectivity index (χ1n) is 7.46. The van der Waals surface area contributed by atoms with Crippen molar-refractivity contribution in [2.75, 3.05) is 6.54 Å². The summed E-state index contributed by atoms with van der Waals surface area (Å²) in [5.41, 5.74) is 0.0341. The van der Waals surface area contributed by atoms with E-state index in [4.69, 9.17) is 16.0 Å². The molecule has 3 aromatic rings. The minimum atomic E-state index is -0.513. The molecule has 0 aliphatic rings. The van der Waals surface area contributed by atoms with Gasteiger partial charge in [-0.15, -0.1) is 0 Å². The molecular formula is C17H16ClN3O3. The smallest absolute Gasteiger partial charge is 0.275 e. The van der Waals surface area contributed by atoms with Crippen molar-refractivity contribution in [3.8, 4) is 0 Å². The summed E-state index contributed by atoms with van der Waals surface area (Å²) >= 11 is 5.95. The zero-order chi connectivity index (χ0) is 17.3. The van der Waals surface area contributed by atoms with Gasteiger partial charge in [0.15, 0.2) is 5.69 Å². The Labute approximate surface area is 143 Å². The van der Waals surface area contributed by atoms with E-state index in [1.54, 1.807) is 25.2 Å². The molecule has 0 bridgehead atoms. The Morgan fingerprint density at radius 2 is 2.12 bits per heavy atom. The third kappa shape index (κ3) is 3.19. The zero-order valence-corrected chi connectivity index (χ0v) is 14.1. The van der Waals surface area contributed by atoms with Crippen LogP contribution in [0.1, 0.15) is 22.0 Å². The molecule has 2 heterocycles. The lowest BCUT2D eigenvalue weighted by molar-refractivity contribution is 0.0946. The number of rotatable bonds is 4. The van der Waals surface area contributed by atoms with Crippen LogP contribution >= 0.6 is 11.6 Å². The van der Waals surface area contributed by atoms with Gasteiger partial charge >= 0.3 is 0 Å². The van der Waals surface area contributed by atoms with Gasteiger partial charge in [0.1, 0.15) is 11.5 Å². The van der Waals surface area contributed by atoms with Crippen LogP contribution in [0.15, 0.2) is 39.5 Å². The van der Waals surface area contributed by atoms with Gasteiger partial charge in [0.2, 0.25) is 5.43 Å². The molecule has 0 atom stereocenters. The first-order valence-corrected chi connectivity index (χ1v) is 7.83. The van der Waals surface area contributed by atoms with Crippen LogP contribution in [0.4, 0.5) is 0 Å². The quantitative estimate of drug-likeness (QED) is 0.788. The molecule has 1 N–H and O–H groups in total. The SMILES string of the molecule is Cc1ccc(CCNC(=O)c2nn(C)c3ccc(Cl)cc3c2=O)o1. The Bertz CT molecular complexity index is 975. The first-order chi connectivity index (χ1) is 11.5. The molecule has 0 aliphatic heterocycles. The number of nitrogens with one attached hydrogen (secondary N) is 1. The van der Waals surface area contributed by atoms with Crippen LogP contribution in [0.25, 0.3) is 10.9 Å². The summed E-state index contributed by atoms with van der Waals surface area (Å²) in [6, 6.07) is 8.64. The van der Waals surface area contributed by atoms with Crippen molar-refractivity contribution in [1.29, 1.82) is 0 Å². The first kappa shape index (κ1) is 16.3. The van der Waals surface area contributed by atoms with Gasteiger partial charge in [0.25, 0.3) is 5.91 Å². The van der Waals surface area contributed by atoms with Crippen LogP contribution < -0.4 is 10.7 Å². The number of hydrogen-bond acceptors (Lipinski definition) is 4. The van der Waals surface area contributed by atoms with Crippen LogP contribution in [0.2, 0.25) is 5.02 Å². The summed E-state index contributed by atoms with van der Waals surface area (Å²) in [5, 5.41) is 7.59. The van der Waals surface area contributed by atoms with Gasteiger partial charge in [0, 0.05) is 25.0 Å². The van der Waals surface area contributed by atoms with E-state index in [0.717, 1.165) is 11.5 Å². The maximum atomic E-state index is 12.5. The van der Waals surface area contributed by atoms with Crippen molar-refractivity contribution in [2.24, 2.45) is 7.05 Å². The molecular weight excluding hydrogens is 330 g/mol. The second kappa shape index (κ2) is 6.49. The summed E-state index contributed by atoms with van der Waals surface area (Å²) in [4.78, 5) is 24.8. The van der Waals surface area contributed by atoms with E-state index in [0.29, 0.717) is 28.9 Å². The van der Waals surface area contributed by atoms with E-state index in [-0.39, 0.29) is 5.69 Å². The van der Waals surface area contributed by atoms with Crippen LogP contribution in [-0.2, 0) is 13.5 Å². The Morgan fingerprint density at radius 3 is 2.83 bits per heavy atom. The molecule has 0 saturated heterocycles. The van der Waals surface area contributed by atoms with E-state index >= 15 is 0 Å². The highest BCUT2D eigenvalue weighted by molar-refractivity contribution is 6.31. The maximum Gasteiger partial charge on any atom is 0.275 e. The highest BCUT2D eigenvalue weighted by Crippen LogP contribution is 2.15. The lowest BCUT2D eigenvalue weighted by Gasteiger charge is -2.08. The van der Waals surface area contributed by atoms with E-state index < -0.39 is 11.3 Å². The number of aryl methyl sites for hydroxylation is 2. The summed E-state index contributed by atoms with van der Waals surface area (Å²) in [6.45, 7) is 2.21. The fourth-order valence-corrected chi connectivity index (χ4v) is 2.67. The summed E-state index contributed by atoms with van der Waals surface area (Å²) < 4.78 is 6.94. The molecule has 0 unspecified atom stereocenters. The minimum Gasteiger partial charge on any atom is -0.466 e. The summed E-state index contributed by atoms with van der Waals surface area (Å²) in [6.07, 6.45) is 0.541. The molecule has 2 aromatic heterocycles. The third-order valence-corrected chi connectivity index (χ3v) is 3.92. The number of aromatic nitrogens is 2. The van der Waals surface area contributed by atoms with Gasteiger partial charge in [-0.3, -0.25) is 14.3 Å². The van der Waals surface area contributed by atoms with Crippen molar-refractivity contribution < 1.29 is 9.21 Å². The van der Waals surface area contributed by atoms with E-state index in [9.17, 15) is 9.59 Å². The standard InChI is InChI=1S/C17H16ClN3O3/c1-10-3-5-12(24-10)7-8-19-17(23)15-16(22)13-9-11(18)4-6-14(13)21(2)20-15/h3-6,9H,7-8H2,1-2H3,(H,19,23). The topological polar surface area (TPSA) is 77.1 Å². The lowest BCUT2D eigenvalue weighted by Crippen LogP contribution is -2.33. The monoisotopic (exact) mass is 345 g/mol. The number of carbonyl (C=O) groups is 1. The molecule has 7 heteroatoms. The second-order valence-corrected chi connectivity index (χ2v) is 5.92. The van der Waals surface area contributed by atoms with Crippen LogP contribution in [-0.4, -0.2) is 22.2 Å². The number of furan rings is 1. The fourth-order valence-electron chi connectivity index (χ4n) is 2.50. The molecule has 3 rings (SSSR count). The molecule has 0 radical (unpaired) electrons. The molecule has 1 amide bonds. The normalized spacial score (nSPS) is 11.0. The Hall–Kier alpha value is -2.60. The number of nitrogens with zero attached hydrogens (tertiary/aromatic N) is 2. The predicted octanol–water partition coefficient (Wildman–Crippen LogP) is 2.46. The number of benzene rings is 1. The number of fused-ring (bicyclic) bond motifs is 1. The molecule has 0 aliphatic carbocycles. The van der Waals surface area contributed by atoms with Crippen LogP contribution in [0, 0.1) is 6.92 Å². The number of amides is 1. The summed E-state index contributed by atoms with van der Waals surface area (Å²) in [7, 11) is 1.68. The van der Waals surface area contributed by atoms with E-state index in [2.05, 4.69) is 10.4 Å². The van der Waals surface area contributed by atoms with Gasteiger partial charge < -0.3 is 9.73 Å². The number of carbonyl (C=O) groups excluding carboxylic acids is 1. The Kier molecular flexibility index (Phi) is 4.40. The highest BCUT2D eigenvalue weighted by Gasteiger charge is 2.16.